The van der Waals surface area contributed by atoms with Crippen molar-refractivity contribution >= 4 is 0 Å². The number of ether oxygens (including phenoxy) is 2. The first kappa shape index (κ1) is 37.5. The third-order valence-corrected chi connectivity index (χ3v) is 6.50. The van der Waals surface area contributed by atoms with Crippen LogP contribution >= 0.6 is 0 Å². The third kappa shape index (κ3) is 11.7. The molecule has 48 heavy (non-hydrogen) atoms. The minimum absolute atomic E-state index is 0. The number of hydrogen-bond donors (Lipinski definition) is 0. The molecule has 0 radical (unpaired) electrons. The summed E-state index contributed by atoms with van der Waals surface area (Å²) in [5, 5.41) is 0. The van der Waals surface area contributed by atoms with E-state index in [4.69, 9.17) is 0 Å². The molecule has 2 aromatic heterocycles. The Hall–Kier alpha value is -4.94. The molecule has 0 atom stereocenters. The van der Waals surface area contributed by atoms with Crippen LogP contribution in [0.25, 0.3) is 11.4 Å². The highest BCUT2D eigenvalue weighted by molar-refractivity contribution is 5.39. The highest BCUT2D eigenvalue weighted by Gasteiger charge is 2.32. The van der Waals surface area contributed by atoms with Crippen molar-refractivity contribution in [2.24, 2.45) is 0 Å². The van der Waals surface area contributed by atoms with Crippen LogP contribution in [0.5, 0.6) is 11.5 Å². The van der Waals surface area contributed by atoms with Gasteiger partial charge in [-0.1, -0.05) is 72.8 Å². The molecule has 2 heterocycles. The highest BCUT2D eigenvalue weighted by atomic mass is 35.5. The first-order valence-corrected chi connectivity index (χ1v) is 13.9. The van der Waals surface area contributed by atoms with E-state index < -0.39 is 12.7 Å². The first-order valence-electron chi connectivity index (χ1n) is 13.9. The van der Waals surface area contributed by atoms with Crippen molar-refractivity contribution in [3.63, 3.8) is 0 Å². The van der Waals surface area contributed by atoms with Crippen LogP contribution in [0.2, 0.25) is 0 Å². The van der Waals surface area contributed by atoms with Gasteiger partial charge in [0.1, 0.15) is 60.8 Å². The number of aromatic nitrogens is 4. The van der Waals surface area contributed by atoms with Gasteiger partial charge >= 0.3 is 12.7 Å². The standard InChI is InChI=1S/2C17H14F3N2O.2ClH/c2*18-17(19,20)23-16-8-4-7-15(11-16)22-10-9-21(13-22)12-14-5-2-1-3-6-14;;/h2*1-11,13H,12H2;2*1H/q2*+1;;/p-2. The SMILES string of the molecule is FC(F)(F)Oc1cccc(-n2cc[n+](Cc3ccccc3)c2)c1.FC(F)(F)Oc1cccc(-n2cc[n+](Cc3ccccc3)c2)c1.[Cl-].[Cl-]. The maximum Gasteiger partial charge on any atom is 0.573 e. The van der Waals surface area contributed by atoms with E-state index in [0.29, 0.717) is 24.5 Å². The Morgan fingerprint density at radius 1 is 0.500 bits per heavy atom. The Morgan fingerprint density at radius 3 is 1.23 bits per heavy atom. The van der Waals surface area contributed by atoms with Crippen LogP contribution in [0.4, 0.5) is 26.3 Å². The number of hydrogen-bond acceptors (Lipinski definition) is 2. The smallest absolute Gasteiger partial charge is 0.573 e. The van der Waals surface area contributed by atoms with Gasteiger partial charge in [-0.05, 0) is 35.4 Å². The topological polar surface area (TPSA) is 36.1 Å². The van der Waals surface area contributed by atoms with Gasteiger partial charge in [0.25, 0.3) is 0 Å². The minimum atomic E-state index is -4.69. The zero-order valence-electron chi connectivity index (χ0n) is 24.9. The van der Waals surface area contributed by atoms with E-state index in [1.165, 1.54) is 36.4 Å². The van der Waals surface area contributed by atoms with Gasteiger partial charge < -0.3 is 34.3 Å². The summed E-state index contributed by atoms with van der Waals surface area (Å²) in [6, 6.07) is 31.6. The molecule has 6 rings (SSSR count). The summed E-state index contributed by atoms with van der Waals surface area (Å²) in [5.74, 6) is -0.475. The second-order valence-corrected chi connectivity index (χ2v) is 10.0. The summed E-state index contributed by atoms with van der Waals surface area (Å²) in [6.45, 7) is 1.37. The fourth-order valence-electron chi connectivity index (χ4n) is 4.55. The van der Waals surface area contributed by atoms with Crippen LogP contribution in [0.15, 0.2) is 147 Å². The lowest BCUT2D eigenvalue weighted by atomic mass is 10.2. The summed E-state index contributed by atoms with van der Waals surface area (Å²) in [5.41, 5.74) is 3.48. The Morgan fingerprint density at radius 2 is 0.875 bits per heavy atom. The number of halogens is 8. The largest absolute Gasteiger partial charge is 1.00 e. The summed E-state index contributed by atoms with van der Waals surface area (Å²) < 4.78 is 89.0. The van der Waals surface area contributed by atoms with Gasteiger partial charge in [0.05, 0.1) is 0 Å². The molecule has 0 N–H and O–H groups in total. The van der Waals surface area contributed by atoms with E-state index in [-0.39, 0.29) is 36.3 Å². The Bertz CT molecular complexity index is 1710. The number of rotatable bonds is 8. The average molecular weight is 710 g/mol. The summed E-state index contributed by atoms with van der Waals surface area (Å²) in [6.07, 6.45) is 1.56. The molecule has 0 aliphatic heterocycles. The van der Waals surface area contributed by atoms with Crippen molar-refractivity contribution in [3.8, 4) is 22.9 Å². The fourth-order valence-corrected chi connectivity index (χ4v) is 4.55. The maximum absolute atomic E-state index is 12.3. The monoisotopic (exact) mass is 708 g/mol. The van der Waals surface area contributed by atoms with E-state index in [1.807, 2.05) is 94.8 Å². The van der Waals surface area contributed by atoms with Crippen molar-refractivity contribution in [1.29, 1.82) is 0 Å². The van der Waals surface area contributed by atoms with Crippen LogP contribution in [0, 0.1) is 0 Å². The van der Waals surface area contributed by atoms with Crippen molar-refractivity contribution < 1.29 is 69.8 Å². The zero-order chi connectivity index (χ0) is 32.6. The van der Waals surface area contributed by atoms with E-state index in [9.17, 15) is 26.3 Å². The first-order chi connectivity index (χ1) is 22.0. The molecule has 0 fully saturated rings. The van der Waals surface area contributed by atoms with E-state index in [2.05, 4.69) is 9.47 Å². The van der Waals surface area contributed by atoms with Crippen molar-refractivity contribution in [2.75, 3.05) is 0 Å². The predicted molar refractivity (Wildman–Crippen MR) is 156 cm³/mol. The molecule has 6 aromatic rings. The van der Waals surface area contributed by atoms with Crippen LogP contribution < -0.4 is 43.4 Å². The molecule has 6 nitrogen and oxygen atoms in total. The van der Waals surface area contributed by atoms with Crippen molar-refractivity contribution in [2.45, 2.75) is 25.8 Å². The summed E-state index contributed by atoms with van der Waals surface area (Å²) in [7, 11) is 0. The fraction of sp³-hybridized carbons (Fsp3) is 0.118. The molecule has 0 bridgehead atoms. The average Bonchev–Trinajstić information content (AvgIpc) is 3.67. The lowest BCUT2D eigenvalue weighted by molar-refractivity contribution is -0.687. The molecule has 0 spiro atoms. The molecule has 4 aromatic carbocycles. The van der Waals surface area contributed by atoms with Gasteiger partial charge in [-0.15, -0.1) is 26.3 Å². The molecule has 0 unspecified atom stereocenters. The van der Waals surface area contributed by atoms with E-state index in [0.717, 1.165) is 11.1 Å². The lowest BCUT2D eigenvalue weighted by Crippen LogP contribution is -3.00. The number of alkyl halides is 6. The summed E-state index contributed by atoms with van der Waals surface area (Å²) >= 11 is 0. The van der Waals surface area contributed by atoms with E-state index >= 15 is 0 Å². The molecule has 0 aliphatic rings. The molecule has 0 saturated carbocycles. The summed E-state index contributed by atoms with van der Waals surface area (Å²) in [4.78, 5) is 0. The van der Waals surface area contributed by atoms with Gasteiger partial charge in [-0.25, -0.2) is 18.3 Å². The van der Waals surface area contributed by atoms with Crippen LogP contribution in [-0.4, -0.2) is 21.9 Å². The molecule has 0 aliphatic carbocycles. The molecular formula is C34H28Cl2F6N4O2. The highest BCUT2D eigenvalue weighted by Crippen LogP contribution is 2.25. The van der Waals surface area contributed by atoms with Gasteiger partial charge in [0.2, 0.25) is 12.7 Å². The normalized spacial score (nSPS) is 11.0. The molecule has 0 saturated heterocycles. The van der Waals surface area contributed by atoms with Crippen LogP contribution in [-0.2, 0) is 13.1 Å². The van der Waals surface area contributed by atoms with Crippen LogP contribution in [0.1, 0.15) is 11.1 Å². The lowest BCUT2D eigenvalue weighted by Gasteiger charge is -2.08. The van der Waals surface area contributed by atoms with Crippen molar-refractivity contribution in [1.82, 2.24) is 9.13 Å². The quantitative estimate of drug-likeness (QED) is 0.177. The number of imidazole rings is 2. The molecule has 14 heteroatoms. The van der Waals surface area contributed by atoms with E-state index in [1.54, 1.807) is 33.7 Å². The number of nitrogens with zero attached hydrogens (tertiary/aromatic N) is 4. The maximum atomic E-state index is 12.3. The van der Waals surface area contributed by atoms with Gasteiger partial charge in [0.15, 0.2) is 0 Å². The van der Waals surface area contributed by atoms with Crippen LogP contribution in [0.3, 0.4) is 0 Å². The minimum Gasteiger partial charge on any atom is -1.00 e. The second kappa shape index (κ2) is 16.8. The molecule has 0 amide bonds. The van der Waals surface area contributed by atoms with Gasteiger partial charge in [-0.2, -0.15) is 0 Å². The Kier molecular flexibility index (Phi) is 13.1. The predicted octanol–water partition coefficient (Wildman–Crippen LogP) is 1.43. The second-order valence-electron chi connectivity index (χ2n) is 10.0. The Balaban J connectivity index is 0.000000250. The molecular weight excluding hydrogens is 681 g/mol. The zero-order valence-corrected chi connectivity index (χ0v) is 26.4. The molecule has 252 valence electrons. The number of benzene rings is 4. The Labute approximate surface area is 284 Å². The third-order valence-electron chi connectivity index (χ3n) is 6.50. The van der Waals surface area contributed by atoms with Crippen molar-refractivity contribution in [3.05, 3.63) is 158 Å². The van der Waals surface area contributed by atoms with Gasteiger partial charge in [-0.3, -0.25) is 0 Å². The van der Waals surface area contributed by atoms with Gasteiger partial charge in [0, 0.05) is 12.1 Å².